The fourth-order valence-electron chi connectivity index (χ4n) is 3.56. The molecular formula is C26H24FN3O5S2. The number of benzene rings is 3. The molecule has 1 aromatic heterocycles. The number of ether oxygens (including phenoxy) is 1. The number of carbonyl (C=O) groups excluding carboxylic acids is 2. The zero-order chi connectivity index (χ0) is 26.7. The quantitative estimate of drug-likeness (QED) is 0.345. The molecule has 0 atom stereocenters. The number of nitrogens with one attached hydrogen (secondary N) is 1. The Hall–Kier alpha value is -3.83. The number of esters is 1. The minimum absolute atomic E-state index is 0.0907. The van der Waals surface area contributed by atoms with E-state index >= 15 is 0 Å². The zero-order valence-electron chi connectivity index (χ0n) is 20.3. The van der Waals surface area contributed by atoms with Gasteiger partial charge in [0.05, 0.1) is 21.7 Å². The highest BCUT2D eigenvalue weighted by Crippen LogP contribution is 2.23. The minimum atomic E-state index is -3.93. The molecule has 4 rings (SSSR count). The lowest BCUT2D eigenvalue weighted by Gasteiger charge is -2.08. The van der Waals surface area contributed by atoms with Gasteiger partial charge in [0.2, 0.25) is 0 Å². The summed E-state index contributed by atoms with van der Waals surface area (Å²) in [5.41, 5.74) is 3.36. The number of aryl methyl sites for hydroxylation is 2. The number of amides is 1. The lowest BCUT2D eigenvalue weighted by atomic mass is 10.1. The summed E-state index contributed by atoms with van der Waals surface area (Å²) in [5.74, 6) is -1.53. The predicted molar refractivity (Wildman–Crippen MR) is 139 cm³/mol. The van der Waals surface area contributed by atoms with Crippen LogP contribution in [0.15, 0.2) is 70.6 Å². The van der Waals surface area contributed by atoms with Crippen molar-refractivity contribution in [2.45, 2.75) is 32.2 Å². The van der Waals surface area contributed by atoms with E-state index < -0.39 is 27.7 Å². The number of nitrogens with zero attached hydrogens (tertiary/aromatic N) is 2. The van der Waals surface area contributed by atoms with Crippen molar-refractivity contribution >= 4 is 49.1 Å². The van der Waals surface area contributed by atoms with Gasteiger partial charge in [-0.05, 0) is 92.6 Å². The van der Waals surface area contributed by atoms with E-state index in [2.05, 4.69) is 9.71 Å². The van der Waals surface area contributed by atoms with Gasteiger partial charge in [0, 0.05) is 11.3 Å². The van der Waals surface area contributed by atoms with Gasteiger partial charge < -0.3 is 9.30 Å². The first kappa shape index (κ1) is 26.2. The maximum absolute atomic E-state index is 13.1. The molecule has 3 aromatic carbocycles. The van der Waals surface area contributed by atoms with Gasteiger partial charge in [-0.25, -0.2) is 12.8 Å². The number of halogens is 1. The Kier molecular flexibility index (Phi) is 7.55. The minimum Gasteiger partial charge on any atom is -0.465 e. The molecular weight excluding hydrogens is 517 g/mol. The van der Waals surface area contributed by atoms with Crippen molar-refractivity contribution in [1.29, 1.82) is 0 Å². The molecule has 0 saturated heterocycles. The van der Waals surface area contributed by atoms with Gasteiger partial charge in [-0.1, -0.05) is 11.3 Å². The van der Waals surface area contributed by atoms with Crippen LogP contribution in [0.5, 0.6) is 0 Å². The topological polar surface area (TPSA) is 107 Å². The summed E-state index contributed by atoms with van der Waals surface area (Å²) in [7, 11) is -3.93. The second-order valence-electron chi connectivity index (χ2n) is 8.23. The number of hydrogen-bond donors (Lipinski definition) is 1. The Morgan fingerprint density at radius 2 is 1.68 bits per heavy atom. The molecule has 0 radical (unpaired) electrons. The number of fused-ring (bicyclic) bond motifs is 1. The first-order chi connectivity index (χ1) is 17.6. The molecule has 192 valence electrons. The van der Waals surface area contributed by atoms with Crippen molar-refractivity contribution in [2.75, 3.05) is 11.3 Å². The number of hydrogen-bond acceptors (Lipinski definition) is 6. The third-order valence-corrected chi connectivity index (χ3v) is 8.03. The van der Waals surface area contributed by atoms with Crippen molar-refractivity contribution in [2.24, 2.45) is 4.99 Å². The van der Waals surface area contributed by atoms with Gasteiger partial charge in [0.25, 0.3) is 15.9 Å². The van der Waals surface area contributed by atoms with Crippen molar-refractivity contribution in [1.82, 2.24) is 4.57 Å². The lowest BCUT2D eigenvalue weighted by Crippen LogP contribution is -2.23. The summed E-state index contributed by atoms with van der Waals surface area (Å²) >= 11 is 1.29. The summed E-state index contributed by atoms with van der Waals surface area (Å²) in [6.07, 6.45) is 0. The van der Waals surface area contributed by atoms with E-state index in [0.717, 1.165) is 45.6 Å². The van der Waals surface area contributed by atoms with E-state index in [4.69, 9.17) is 4.74 Å². The number of aromatic nitrogens is 1. The van der Waals surface area contributed by atoms with Crippen LogP contribution in [-0.2, 0) is 26.1 Å². The molecule has 0 fully saturated rings. The van der Waals surface area contributed by atoms with Gasteiger partial charge in [0.15, 0.2) is 4.80 Å². The molecule has 37 heavy (non-hydrogen) atoms. The Balaban J connectivity index is 1.63. The Labute approximate surface area is 217 Å². The number of anilines is 1. The number of sulfonamides is 1. The highest BCUT2D eigenvalue weighted by atomic mass is 32.2. The van der Waals surface area contributed by atoms with Crippen LogP contribution in [0.2, 0.25) is 0 Å². The smallest absolute Gasteiger partial charge is 0.326 e. The van der Waals surface area contributed by atoms with Crippen LogP contribution < -0.4 is 9.52 Å². The summed E-state index contributed by atoms with van der Waals surface area (Å²) in [5, 5.41) is 0. The van der Waals surface area contributed by atoms with Gasteiger partial charge in [-0.15, -0.1) is 0 Å². The van der Waals surface area contributed by atoms with E-state index in [1.54, 1.807) is 11.5 Å². The van der Waals surface area contributed by atoms with Gasteiger partial charge in [0.1, 0.15) is 12.4 Å². The summed E-state index contributed by atoms with van der Waals surface area (Å²) in [6, 6.07) is 14.2. The fraction of sp³-hybridized carbons (Fsp3) is 0.192. The van der Waals surface area contributed by atoms with Gasteiger partial charge in [-0.3, -0.25) is 14.3 Å². The third-order valence-electron chi connectivity index (χ3n) is 5.60. The van der Waals surface area contributed by atoms with E-state index in [-0.39, 0.29) is 29.3 Å². The molecule has 0 aliphatic heterocycles. The molecule has 0 spiro atoms. The second kappa shape index (κ2) is 10.7. The maximum atomic E-state index is 13.1. The molecule has 1 heterocycles. The molecule has 0 bridgehead atoms. The molecule has 0 aliphatic rings. The first-order valence-electron chi connectivity index (χ1n) is 11.3. The van der Waals surface area contributed by atoms with Gasteiger partial charge >= 0.3 is 5.97 Å². The van der Waals surface area contributed by atoms with E-state index in [1.165, 1.54) is 35.6 Å². The van der Waals surface area contributed by atoms with Crippen LogP contribution in [-0.4, -0.2) is 31.5 Å². The van der Waals surface area contributed by atoms with Crippen molar-refractivity contribution in [3.63, 3.8) is 0 Å². The summed E-state index contributed by atoms with van der Waals surface area (Å²) in [6.45, 7) is 5.82. The van der Waals surface area contributed by atoms with Gasteiger partial charge in [-0.2, -0.15) is 4.99 Å². The van der Waals surface area contributed by atoms with E-state index in [9.17, 15) is 22.4 Å². The molecule has 0 saturated carbocycles. The SMILES string of the molecule is CCOC(=O)Cn1c(=NC(=O)c2ccc(NS(=O)(=O)c3ccc(F)cc3)cc2)sc2cc(C)c(C)cc21. The number of carbonyl (C=O) groups is 2. The average molecular weight is 542 g/mol. The maximum Gasteiger partial charge on any atom is 0.326 e. The number of rotatable bonds is 7. The predicted octanol–water partition coefficient (Wildman–Crippen LogP) is 4.56. The summed E-state index contributed by atoms with van der Waals surface area (Å²) < 4.78 is 48.2. The van der Waals surface area contributed by atoms with Crippen molar-refractivity contribution < 1.29 is 27.1 Å². The standard InChI is InChI=1S/C26H24FN3O5S2/c1-4-35-24(31)15-30-22-13-16(2)17(3)14-23(22)36-26(30)28-25(32)18-5-9-20(10-6-18)29-37(33,34)21-11-7-19(27)8-12-21/h5-14,29H,4,15H2,1-3H3. The lowest BCUT2D eigenvalue weighted by molar-refractivity contribution is -0.143. The normalized spacial score (nSPS) is 12.1. The molecule has 0 unspecified atom stereocenters. The van der Waals surface area contributed by atoms with Crippen molar-refractivity contribution in [3.8, 4) is 0 Å². The second-order valence-corrected chi connectivity index (χ2v) is 10.9. The monoisotopic (exact) mass is 541 g/mol. The summed E-state index contributed by atoms with van der Waals surface area (Å²) in [4.78, 5) is 29.7. The van der Waals surface area contributed by atoms with Crippen LogP contribution in [0.25, 0.3) is 10.2 Å². The molecule has 1 amide bonds. The molecule has 11 heteroatoms. The largest absolute Gasteiger partial charge is 0.465 e. The van der Waals surface area contributed by atoms with Crippen LogP contribution in [0, 0.1) is 19.7 Å². The van der Waals surface area contributed by atoms with Crippen LogP contribution in [0.1, 0.15) is 28.4 Å². The highest BCUT2D eigenvalue weighted by Gasteiger charge is 2.16. The Morgan fingerprint density at radius 3 is 2.32 bits per heavy atom. The Bertz CT molecular complexity index is 1660. The number of thiazole rings is 1. The highest BCUT2D eigenvalue weighted by molar-refractivity contribution is 7.92. The fourth-order valence-corrected chi connectivity index (χ4v) is 5.72. The van der Waals surface area contributed by atoms with Crippen LogP contribution >= 0.6 is 11.3 Å². The third kappa shape index (κ3) is 5.95. The van der Waals surface area contributed by atoms with E-state index in [0.29, 0.717) is 4.80 Å². The van der Waals surface area contributed by atoms with E-state index in [1.807, 2.05) is 26.0 Å². The average Bonchev–Trinajstić information content (AvgIpc) is 3.15. The van der Waals surface area contributed by atoms with Crippen molar-refractivity contribution in [3.05, 3.63) is 88.0 Å². The molecule has 0 aliphatic carbocycles. The molecule has 1 N–H and O–H groups in total. The molecule has 8 nitrogen and oxygen atoms in total. The van der Waals surface area contributed by atoms with Crippen LogP contribution in [0.3, 0.4) is 0 Å². The Morgan fingerprint density at radius 1 is 1.03 bits per heavy atom. The zero-order valence-corrected chi connectivity index (χ0v) is 22.0. The first-order valence-corrected chi connectivity index (χ1v) is 13.6. The molecule has 4 aromatic rings. The van der Waals surface area contributed by atoms with Crippen LogP contribution in [0.4, 0.5) is 10.1 Å².